The van der Waals surface area contributed by atoms with Gasteiger partial charge in [0.2, 0.25) is 5.91 Å². The Balaban J connectivity index is 1.85. The third-order valence-electron chi connectivity index (χ3n) is 6.45. The second-order valence-corrected chi connectivity index (χ2v) is 9.60. The van der Waals surface area contributed by atoms with Gasteiger partial charge in [-0.1, -0.05) is 60.7 Å². The molecule has 0 unspecified atom stereocenters. The van der Waals surface area contributed by atoms with Crippen LogP contribution in [0, 0.1) is 5.92 Å². The number of benzene rings is 2. The minimum atomic E-state index is -1.58. The average molecular weight is 566 g/mol. The van der Waals surface area contributed by atoms with Gasteiger partial charge in [-0.2, -0.15) is 0 Å². The van der Waals surface area contributed by atoms with Gasteiger partial charge in [0.15, 0.2) is 17.7 Å². The Hall–Kier alpha value is -4.15. The van der Waals surface area contributed by atoms with Gasteiger partial charge in [-0.15, -0.1) is 0 Å². The van der Waals surface area contributed by atoms with Gasteiger partial charge < -0.3 is 19.3 Å². The van der Waals surface area contributed by atoms with E-state index in [2.05, 4.69) is 0 Å². The fourth-order valence-corrected chi connectivity index (χ4v) is 4.52. The lowest BCUT2D eigenvalue weighted by atomic mass is 9.89. The van der Waals surface area contributed by atoms with Gasteiger partial charge in [-0.05, 0) is 42.5 Å². The molecule has 0 bridgehead atoms. The molecule has 1 N–H and O–H groups in total. The summed E-state index contributed by atoms with van der Waals surface area (Å²) in [5.41, 5.74) is 1.58. The van der Waals surface area contributed by atoms with Gasteiger partial charge in [0.1, 0.15) is 6.61 Å². The molecule has 0 saturated carbocycles. The van der Waals surface area contributed by atoms with E-state index in [0.717, 1.165) is 29.5 Å². The predicted molar refractivity (Wildman–Crippen MR) is 148 cm³/mol. The van der Waals surface area contributed by atoms with Crippen molar-refractivity contribution in [3.8, 4) is 0 Å². The number of imide groups is 1. The SMILES string of the molecule is CC(=O)O[C@H](C(=O)C=CC(=O)CCCOCCO)[C@H](Cc1ccccc1)C(=O)N1C(=O)OC[C@@H]1Cc1ccccc1. The lowest BCUT2D eigenvalue weighted by molar-refractivity contribution is -0.158. The fraction of sp³-hybridized carbons (Fsp3) is 0.387. The van der Waals surface area contributed by atoms with Crippen molar-refractivity contribution in [3.05, 3.63) is 83.9 Å². The highest BCUT2D eigenvalue weighted by atomic mass is 16.6. The summed E-state index contributed by atoms with van der Waals surface area (Å²) in [6.45, 7) is 1.42. The number of ether oxygens (including phenoxy) is 3. The van der Waals surface area contributed by atoms with Crippen LogP contribution in [0.2, 0.25) is 0 Å². The van der Waals surface area contributed by atoms with Gasteiger partial charge in [-0.3, -0.25) is 19.2 Å². The van der Waals surface area contributed by atoms with Crippen molar-refractivity contribution in [2.75, 3.05) is 26.4 Å². The standard InChI is InChI=1S/C31H35NO9/c1-22(34)41-29(28(36)15-14-26(35)13-8-17-39-18-16-33)27(20-24-11-6-3-7-12-24)30(37)32-25(21-40-31(32)38)19-23-9-4-2-5-10-23/h2-7,9-12,14-15,25,27,29,33H,8,13,16-21H2,1H3/t25-,27-,29-/m0/s1. The number of esters is 1. The van der Waals surface area contributed by atoms with E-state index >= 15 is 0 Å². The highest BCUT2D eigenvalue weighted by Gasteiger charge is 2.45. The van der Waals surface area contributed by atoms with E-state index in [1.54, 1.807) is 30.3 Å². The molecule has 0 aliphatic carbocycles. The first-order valence-corrected chi connectivity index (χ1v) is 13.5. The van der Waals surface area contributed by atoms with E-state index in [-0.39, 0.29) is 45.1 Å². The van der Waals surface area contributed by atoms with E-state index in [1.165, 1.54) is 0 Å². The second-order valence-electron chi connectivity index (χ2n) is 9.60. The molecular formula is C31H35NO9. The zero-order chi connectivity index (χ0) is 29.6. The summed E-state index contributed by atoms with van der Waals surface area (Å²) in [6, 6.07) is 17.5. The minimum absolute atomic E-state index is 0.00478. The maximum atomic E-state index is 14.0. The number of allylic oxidation sites excluding steroid dienone is 1. The number of ketones is 2. The molecule has 1 saturated heterocycles. The van der Waals surface area contributed by atoms with E-state index in [1.807, 2.05) is 30.3 Å². The number of amides is 2. The number of aliphatic hydroxyl groups excluding tert-OH is 1. The third kappa shape index (κ3) is 9.77. The van der Waals surface area contributed by atoms with E-state index in [4.69, 9.17) is 19.3 Å². The zero-order valence-electron chi connectivity index (χ0n) is 23.0. The molecule has 1 fully saturated rings. The van der Waals surface area contributed by atoms with Crippen molar-refractivity contribution in [3.63, 3.8) is 0 Å². The topological polar surface area (TPSA) is 137 Å². The maximum Gasteiger partial charge on any atom is 0.416 e. The Bertz CT molecular complexity index is 1210. The summed E-state index contributed by atoms with van der Waals surface area (Å²) in [7, 11) is 0. The molecule has 41 heavy (non-hydrogen) atoms. The Morgan fingerprint density at radius 1 is 1.00 bits per heavy atom. The number of aliphatic hydroxyl groups is 1. The average Bonchev–Trinajstić information content (AvgIpc) is 3.33. The van der Waals surface area contributed by atoms with Crippen LogP contribution in [0.1, 0.15) is 30.9 Å². The number of nitrogens with zero attached hydrogens (tertiary/aromatic N) is 1. The fourth-order valence-electron chi connectivity index (χ4n) is 4.52. The predicted octanol–water partition coefficient (Wildman–Crippen LogP) is 2.85. The summed E-state index contributed by atoms with van der Waals surface area (Å²) >= 11 is 0. The summed E-state index contributed by atoms with van der Waals surface area (Å²) in [5.74, 6) is -3.88. The van der Waals surface area contributed by atoms with Crippen molar-refractivity contribution >= 4 is 29.5 Å². The third-order valence-corrected chi connectivity index (χ3v) is 6.45. The summed E-state index contributed by atoms with van der Waals surface area (Å²) in [4.78, 5) is 65.5. The number of carbonyl (C=O) groups excluding carboxylic acids is 5. The first-order valence-electron chi connectivity index (χ1n) is 13.5. The molecular weight excluding hydrogens is 530 g/mol. The molecule has 218 valence electrons. The van der Waals surface area contributed by atoms with Crippen molar-refractivity contribution < 1.29 is 43.3 Å². The molecule has 1 heterocycles. The summed E-state index contributed by atoms with van der Waals surface area (Å²) < 4.78 is 15.7. The molecule has 10 nitrogen and oxygen atoms in total. The highest BCUT2D eigenvalue weighted by molar-refractivity contribution is 6.04. The second kappa shape index (κ2) is 16.2. The van der Waals surface area contributed by atoms with E-state index in [0.29, 0.717) is 18.4 Å². The Morgan fingerprint density at radius 3 is 2.29 bits per heavy atom. The van der Waals surface area contributed by atoms with Crippen LogP contribution >= 0.6 is 0 Å². The molecule has 0 aromatic heterocycles. The minimum Gasteiger partial charge on any atom is -0.453 e. The quantitative estimate of drug-likeness (QED) is 0.185. The lowest BCUT2D eigenvalue weighted by Gasteiger charge is -2.29. The van der Waals surface area contributed by atoms with Gasteiger partial charge in [0, 0.05) is 20.0 Å². The van der Waals surface area contributed by atoms with Gasteiger partial charge in [0.05, 0.1) is 25.2 Å². The zero-order valence-corrected chi connectivity index (χ0v) is 23.0. The van der Waals surface area contributed by atoms with Gasteiger partial charge in [0.25, 0.3) is 0 Å². The Kier molecular flexibility index (Phi) is 12.4. The van der Waals surface area contributed by atoms with E-state index < -0.39 is 41.8 Å². The molecule has 0 radical (unpaired) electrons. The van der Waals surface area contributed by atoms with Crippen molar-refractivity contribution in [1.82, 2.24) is 4.90 Å². The summed E-state index contributed by atoms with van der Waals surface area (Å²) in [6.07, 6.45) is 0.491. The normalized spacial score (nSPS) is 16.3. The van der Waals surface area contributed by atoms with Gasteiger partial charge in [-0.25, -0.2) is 9.69 Å². The highest BCUT2D eigenvalue weighted by Crippen LogP contribution is 2.26. The van der Waals surface area contributed by atoms with E-state index in [9.17, 15) is 24.0 Å². The van der Waals surface area contributed by atoms with Crippen LogP contribution in [0.3, 0.4) is 0 Å². The van der Waals surface area contributed by atoms with Crippen LogP contribution in [0.15, 0.2) is 72.8 Å². The van der Waals surface area contributed by atoms with Gasteiger partial charge >= 0.3 is 12.1 Å². The molecule has 0 spiro atoms. The molecule has 2 aromatic rings. The van der Waals surface area contributed by atoms with Crippen molar-refractivity contribution in [2.45, 2.75) is 44.8 Å². The van der Waals surface area contributed by atoms with Crippen LogP contribution in [-0.2, 0) is 46.2 Å². The number of hydrogen-bond donors (Lipinski definition) is 1. The Morgan fingerprint density at radius 2 is 1.66 bits per heavy atom. The lowest BCUT2D eigenvalue weighted by Crippen LogP contribution is -2.49. The number of carbonyl (C=O) groups is 5. The number of rotatable bonds is 16. The summed E-state index contributed by atoms with van der Waals surface area (Å²) in [5, 5.41) is 8.75. The largest absolute Gasteiger partial charge is 0.453 e. The van der Waals surface area contributed by atoms with Crippen LogP contribution in [0.25, 0.3) is 0 Å². The first-order chi connectivity index (χ1) is 19.8. The van der Waals surface area contributed by atoms with Crippen LogP contribution < -0.4 is 0 Å². The van der Waals surface area contributed by atoms with Crippen molar-refractivity contribution in [2.24, 2.45) is 5.92 Å². The van der Waals surface area contributed by atoms with Crippen LogP contribution in [0.4, 0.5) is 4.79 Å². The molecule has 2 amide bonds. The molecule has 1 aliphatic heterocycles. The molecule has 10 heteroatoms. The monoisotopic (exact) mass is 565 g/mol. The first kappa shape index (κ1) is 31.4. The number of hydrogen-bond acceptors (Lipinski definition) is 9. The van der Waals surface area contributed by atoms with Crippen LogP contribution in [0.5, 0.6) is 0 Å². The van der Waals surface area contributed by atoms with Crippen molar-refractivity contribution in [1.29, 1.82) is 0 Å². The maximum absolute atomic E-state index is 14.0. The molecule has 2 aromatic carbocycles. The van der Waals surface area contributed by atoms with Crippen LogP contribution in [-0.4, -0.2) is 78.1 Å². The molecule has 1 aliphatic rings. The number of cyclic esters (lactones) is 1. The smallest absolute Gasteiger partial charge is 0.416 e. The Labute approximate surface area is 238 Å². The molecule has 3 rings (SSSR count). The molecule has 3 atom stereocenters.